The monoisotopic (exact) mass is 363 g/mol. The maximum Gasteiger partial charge on any atom is 0.255 e. The lowest BCUT2D eigenvalue weighted by molar-refractivity contribution is 0.102. The Balaban J connectivity index is 2.04. The van der Waals surface area contributed by atoms with Gasteiger partial charge in [-0.15, -0.1) is 0 Å². The van der Waals surface area contributed by atoms with E-state index in [9.17, 15) is 4.79 Å². The van der Waals surface area contributed by atoms with Crippen LogP contribution < -0.4 is 10.1 Å². The van der Waals surface area contributed by atoms with Crippen molar-refractivity contribution >= 4 is 27.5 Å². The van der Waals surface area contributed by atoms with E-state index >= 15 is 0 Å². The molecule has 1 amide bonds. The molecule has 0 aliphatic heterocycles. The van der Waals surface area contributed by atoms with E-state index in [1.165, 1.54) is 0 Å². The first-order valence-corrected chi connectivity index (χ1v) is 7.86. The summed E-state index contributed by atoms with van der Waals surface area (Å²) >= 11 is 3.36. The Morgan fingerprint density at radius 2 is 1.95 bits per heavy atom. The normalized spacial score (nSPS) is 10.3. The molecule has 0 heterocycles. The van der Waals surface area contributed by atoms with E-state index in [1.54, 1.807) is 12.1 Å². The van der Waals surface area contributed by atoms with Gasteiger partial charge in [-0.25, -0.2) is 0 Å². The summed E-state index contributed by atoms with van der Waals surface area (Å²) in [5, 5.41) is 2.87. The average molecular weight is 364 g/mol. The summed E-state index contributed by atoms with van der Waals surface area (Å²) in [6.07, 6.45) is 0. The topological polar surface area (TPSA) is 47.6 Å². The number of benzene rings is 2. The largest absolute Gasteiger partial charge is 0.489 e. The third-order valence-corrected chi connectivity index (χ3v) is 3.40. The van der Waals surface area contributed by atoms with Crippen molar-refractivity contribution in [1.29, 1.82) is 0 Å². The fourth-order valence-corrected chi connectivity index (χ4v) is 2.27. The van der Waals surface area contributed by atoms with E-state index in [-0.39, 0.29) is 5.91 Å². The molecule has 0 atom stereocenters. The van der Waals surface area contributed by atoms with Gasteiger partial charge in [0.25, 0.3) is 5.91 Å². The molecule has 22 heavy (non-hydrogen) atoms. The number of nitrogens with one attached hydrogen (secondary N) is 1. The van der Waals surface area contributed by atoms with Gasteiger partial charge >= 0.3 is 0 Å². The number of rotatable bonds is 7. The van der Waals surface area contributed by atoms with Crippen molar-refractivity contribution in [3.63, 3.8) is 0 Å². The summed E-state index contributed by atoms with van der Waals surface area (Å²) in [6, 6.07) is 14.6. The van der Waals surface area contributed by atoms with Crippen molar-refractivity contribution in [2.75, 3.05) is 25.1 Å². The Morgan fingerprint density at radius 3 is 2.73 bits per heavy atom. The van der Waals surface area contributed by atoms with Gasteiger partial charge in [-0.2, -0.15) is 0 Å². The minimum Gasteiger partial charge on any atom is -0.489 e. The van der Waals surface area contributed by atoms with Gasteiger partial charge < -0.3 is 14.8 Å². The Bertz CT molecular complexity index is 631. The molecule has 0 aliphatic rings. The van der Waals surface area contributed by atoms with Gasteiger partial charge in [-0.3, -0.25) is 4.79 Å². The summed E-state index contributed by atoms with van der Waals surface area (Å²) in [4.78, 5) is 12.3. The molecule has 116 valence electrons. The number of anilines is 1. The van der Waals surface area contributed by atoms with Crippen molar-refractivity contribution in [3.8, 4) is 5.75 Å². The first-order chi connectivity index (χ1) is 10.7. The summed E-state index contributed by atoms with van der Waals surface area (Å²) < 4.78 is 11.8. The molecular weight excluding hydrogens is 346 g/mol. The van der Waals surface area contributed by atoms with E-state index in [2.05, 4.69) is 21.2 Å². The van der Waals surface area contributed by atoms with Gasteiger partial charge in [0.15, 0.2) is 0 Å². The highest BCUT2D eigenvalue weighted by molar-refractivity contribution is 9.10. The number of amides is 1. The molecule has 0 spiro atoms. The third kappa shape index (κ3) is 4.86. The zero-order valence-electron chi connectivity index (χ0n) is 12.3. The number of halogens is 1. The summed E-state index contributed by atoms with van der Waals surface area (Å²) in [5.41, 5.74) is 1.22. The summed E-state index contributed by atoms with van der Waals surface area (Å²) in [5.74, 6) is 0.452. The van der Waals surface area contributed by atoms with Gasteiger partial charge in [0, 0.05) is 16.6 Å². The Morgan fingerprint density at radius 1 is 1.14 bits per heavy atom. The molecule has 2 rings (SSSR count). The van der Waals surface area contributed by atoms with E-state index < -0.39 is 0 Å². The Labute approximate surface area is 138 Å². The molecule has 0 unspecified atom stereocenters. The van der Waals surface area contributed by atoms with Crippen LogP contribution in [0.25, 0.3) is 0 Å². The van der Waals surface area contributed by atoms with Crippen LogP contribution in [0.2, 0.25) is 0 Å². The Kier molecular flexibility index (Phi) is 6.43. The smallest absolute Gasteiger partial charge is 0.255 e. The first kappa shape index (κ1) is 16.5. The van der Waals surface area contributed by atoms with Gasteiger partial charge in [0.2, 0.25) is 0 Å². The van der Waals surface area contributed by atoms with Crippen LogP contribution in [0.3, 0.4) is 0 Å². The molecule has 1 N–H and O–H groups in total. The number of carbonyl (C=O) groups excluding carboxylic acids is 1. The van der Waals surface area contributed by atoms with E-state index in [4.69, 9.17) is 9.47 Å². The molecule has 2 aromatic rings. The fraction of sp³-hybridized carbons (Fsp3) is 0.235. The second kappa shape index (κ2) is 8.56. The molecule has 0 aromatic heterocycles. The highest BCUT2D eigenvalue weighted by atomic mass is 79.9. The van der Waals surface area contributed by atoms with Crippen molar-refractivity contribution in [2.45, 2.75) is 6.92 Å². The quantitative estimate of drug-likeness (QED) is 0.752. The minimum absolute atomic E-state index is 0.179. The van der Waals surface area contributed by atoms with E-state index in [1.807, 2.05) is 43.3 Å². The summed E-state index contributed by atoms with van der Waals surface area (Å²) in [6.45, 7) is 3.55. The minimum atomic E-state index is -0.179. The maximum absolute atomic E-state index is 12.3. The standard InChI is InChI=1S/C17H18BrNO3/c1-2-21-10-11-22-16-9-4-3-8-15(16)19-17(20)13-6-5-7-14(18)12-13/h3-9,12H,2,10-11H2,1H3,(H,19,20). The molecular formula is C17H18BrNO3. The van der Waals surface area contributed by atoms with Gasteiger partial charge in [-0.1, -0.05) is 34.1 Å². The van der Waals surface area contributed by atoms with Crippen molar-refractivity contribution in [1.82, 2.24) is 0 Å². The molecule has 2 aromatic carbocycles. The van der Waals surface area contributed by atoms with Gasteiger partial charge in [0.1, 0.15) is 12.4 Å². The molecule has 0 bridgehead atoms. The van der Waals surface area contributed by atoms with Gasteiger partial charge in [0.05, 0.1) is 12.3 Å². The predicted molar refractivity (Wildman–Crippen MR) is 90.5 cm³/mol. The molecule has 0 saturated heterocycles. The average Bonchev–Trinajstić information content (AvgIpc) is 2.53. The zero-order chi connectivity index (χ0) is 15.8. The highest BCUT2D eigenvalue weighted by Crippen LogP contribution is 2.24. The summed E-state index contributed by atoms with van der Waals surface area (Å²) in [7, 11) is 0. The number of hydrogen-bond donors (Lipinski definition) is 1. The van der Waals surface area contributed by atoms with Crippen molar-refractivity contribution in [3.05, 3.63) is 58.6 Å². The van der Waals surface area contributed by atoms with Crippen LogP contribution in [0.15, 0.2) is 53.0 Å². The van der Waals surface area contributed by atoms with E-state index in [0.29, 0.717) is 36.8 Å². The van der Waals surface area contributed by atoms with Crippen LogP contribution in [0.1, 0.15) is 17.3 Å². The Hall–Kier alpha value is -1.85. The van der Waals surface area contributed by atoms with Crippen LogP contribution >= 0.6 is 15.9 Å². The lowest BCUT2D eigenvalue weighted by Gasteiger charge is -2.12. The number of ether oxygens (including phenoxy) is 2. The molecule has 5 heteroatoms. The second-order valence-electron chi connectivity index (χ2n) is 4.51. The van der Waals surface area contributed by atoms with Crippen LogP contribution in [-0.4, -0.2) is 25.7 Å². The van der Waals surface area contributed by atoms with E-state index in [0.717, 1.165) is 4.47 Å². The molecule has 0 aliphatic carbocycles. The third-order valence-electron chi connectivity index (χ3n) is 2.91. The van der Waals surface area contributed by atoms with Crippen LogP contribution in [0, 0.1) is 0 Å². The van der Waals surface area contributed by atoms with Crippen LogP contribution in [0.4, 0.5) is 5.69 Å². The zero-order valence-corrected chi connectivity index (χ0v) is 13.9. The number of carbonyl (C=O) groups is 1. The number of hydrogen-bond acceptors (Lipinski definition) is 3. The van der Waals surface area contributed by atoms with Crippen LogP contribution in [-0.2, 0) is 4.74 Å². The van der Waals surface area contributed by atoms with Crippen molar-refractivity contribution in [2.24, 2.45) is 0 Å². The SMILES string of the molecule is CCOCCOc1ccccc1NC(=O)c1cccc(Br)c1. The predicted octanol–water partition coefficient (Wildman–Crippen LogP) is 4.12. The fourth-order valence-electron chi connectivity index (χ4n) is 1.87. The molecule has 0 fully saturated rings. The first-order valence-electron chi connectivity index (χ1n) is 7.07. The molecule has 4 nitrogen and oxygen atoms in total. The van der Waals surface area contributed by atoms with Crippen molar-refractivity contribution < 1.29 is 14.3 Å². The lowest BCUT2D eigenvalue weighted by Crippen LogP contribution is -2.14. The highest BCUT2D eigenvalue weighted by Gasteiger charge is 2.10. The molecule has 0 saturated carbocycles. The maximum atomic E-state index is 12.3. The second-order valence-corrected chi connectivity index (χ2v) is 5.42. The van der Waals surface area contributed by atoms with Crippen LogP contribution in [0.5, 0.6) is 5.75 Å². The number of para-hydroxylation sites is 2. The van der Waals surface area contributed by atoms with Gasteiger partial charge in [-0.05, 0) is 37.3 Å². The molecule has 0 radical (unpaired) electrons. The lowest BCUT2D eigenvalue weighted by atomic mass is 10.2.